The third-order valence-corrected chi connectivity index (χ3v) is 3.77. The zero-order valence-corrected chi connectivity index (χ0v) is 16.2. The maximum atomic E-state index is 12.9. The molecule has 0 amide bonds. The van der Waals surface area contributed by atoms with E-state index in [1.807, 2.05) is 0 Å². The molecule has 0 spiro atoms. The number of hydrogen-bond acceptors (Lipinski definition) is 6. The Labute approximate surface area is 187 Å². The highest BCUT2D eigenvalue weighted by Gasteiger charge is 2.51. The van der Waals surface area contributed by atoms with Gasteiger partial charge in [-0.3, -0.25) is 0 Å². The molecule has 1 aliphatic carbocycles. The molecule has 0 saturated heterocycles. The van der Waals surface area contributed by atoms with Crippen LogP contribution < -0.4 is 23.7 Å². The molecule has 6 nitrogen and oxygen atoms in total. The summed E-state index contributed by atoms with van der Waals surface area (Å²) < 4.78 is 208. The number of hydrogen-bond donors (Lipinski definition) is 1. The van der Waals surface area contributed by atoms with Crippen molar-refractivity contribution in [3.63, 3.8) is 0 Å². The van der Waals surface area contributed by atoms with Crippen molar-refractivity contribution in [2.45, 2.75) is 50.8 Å². The van der Waals surface area contributed by atoms with Gasteiger partial charge in [-0.25, -0.2) is 0 Å². The first-order chi connectivity index (χ1) is 15.9. The summed E-state index contributed by atoms with van der Waals surface area (Å²) in [6, 6.07) is 0. The summed E-state index contributed by atoms with van der Waals surface area (Å²) >= 11 is 0. The molecule has 1 saturated carbocycles. The van der Waals surface area contributed by atoms with Gasteiger partial charge >= 0.3 is 31.8 Å². The van der Waals surface area contributed by atoms with Crippen LogP contribution in [0.2, 0.25) is 0 Å². The molecule has 208 valence electrons. The van der Waals surface area contributed by atoms with E-state index in [0.717, 1.165) is 0 Å². The molecule has 1 fully saturated rings. The van der Waals surface area contributed by atoms with Crippen molar-refractivity contribution < 1.29 is 94.6 Å². The van der Waals surface area contributed by atoms with Crippen LogP contribution in [0.5, 0.6) is 28.7 Å². The quantitative estimate of drug-likeness (QED) is 0.373. The summed E-state index contributed by atoms with van der Waals surface area (Å²) in [5.41, 5.74) is -2.25. The van der Waals surface area contributed by atoms with Gasteiger partial charge in [0.05, 0.1) is 11.7 Å². The fraction of sp³-hybridized carbons (Fsp3) is 0.600. The maximum Gasteiger partial charge on any atom is 0.573 e. The minimum absolute atomic E-state index is 0.246. The fourth-order valence-electron chi connectivity index (χ4n) is 2.63. The molecule has 0 radical (unpaired) electrons. The third kappa shape index (κ3) is 8.66. The Morgan fingerprint density at radius 3 is 0.917 bits per heavy atom. The molecule has 1 atom stereocenters. The van der Waals surface area contributed by atoms with Gasteiger partial charge in [0.25, 0.3) is 0 Å². The first-order valence-corrected chi connectivity index (χ1v) is 8.57. The van der Waals surface area contributed by atoms with E-state index >= 15 is 0 Å². The lowest BCUT2D eigenvalue weighted by Gasteiger charge is -2.28. The number of ether oxygens (including phenoxy) is 5. The predicted octanol–water partition coefficient (Wildman–Crippen LogP) is 6.62. The van der Waals surface area contributed by atoms with Crippen molar-refractivity contribution in [3.8, 4) is 28.7 Å². The summed E-state index contributed by atoms with van der Waals surface area (Å²) in [5.74, 6) is -16.1. The molecule has 0 aliphatic heterocycles. The van der Waals surface area contributed by atoms with Crippen LogP contribution in [0.3, 0.4) is 0 Å². The van der Waals surface area contributed by atoms with Crippen molar-refractivity contribution in [2.24, 2.45) is 5.92 Å². The average Bonchev–Trinajstić information content (AvgIpc) is 3.40. The van der Waals surface area contributed by atoms with Gasteiger partial charge in [-0.05, 0) is 18.8 Å². The van der Waals surface area contributed by atoms with Crippen molar-refractivity contribution in [2.75, 3.05) is 0 Å². The molecule has 0 heterocycles. The molecule has 1 unspecified atom stereocenters. The molecule has 2 rings (SSSR count). The fourth-order valence-corrected chi connectivity index (χ4v) is 2.63. The van der Waals surface area contributed by atoms with E-state index in [2.05, 4.69) is 23.7 Å². The Kier molecular flexibility index (Phi) is 7.52. The second kappa shape index (κ2) is 9.21. The van der Waals surface area contributed by atoms with Crippen LogP contribution in [0.4, 0.5) is 65.9 Å². The van der Waals surface area contributed by atoms with E-state index in [1.165, 1.54) is 0 Å². The van der Waals surface area contributed by atoms with Crippen molar-refractivity contribution in [3.05, 3.63) is 5.56 Å². The predicted molar refractivity (Wildman–Crippen MR) is 77.5 cm³/mol. The zero-order chi connectivity index (χ0) is 28.1. The van der Waals surface area contributed by atoms with Crippen LogP contribution in [0.25, 0.3) is 0 Å². The van der Waals surface area contributed by atoms with Gasteiger partial charge in [0, 0.05) is 0 Å². The van der Waals surface area contributed by atoms with Gasteiger partial charge in [-0.1, -0.05) is 0 Å². The molecule has 0 aromatic heterocycles. The largest absolute Gasteiger partial charge is 0.573 e. The molecule has 1 aliphatic rings. The van der Waals surface area contributed by atoms with E-state index < -0.39 is 78.1 Å². The van der Waals surface area contributed by atoms with Crippen LogP contribution in [0.1, 0.15) is 24.5 Å². The van der Waals surface area contributed by atoms with Crippen molar-refractivity contribution in [1.82, 2.24) is 0 Å². The number of benzene rings is 1. The maximum absolute atomic E-state index is 12.9. The first-order valence-electron chi connectivity index (χ1n) is 8.57. The topological polar surface area (TPSA) is 66.4 Å². The highest BCUT2D eigenvalue weighted by atomic mass is 19.4. The second-order valence-corrected chi connectivity index (χ2v) is 6.58. The lowest BCUT2D eigenvalue weighted by molar-refractivity contribution is -0.300. The molecular weight excluding hydrogens is 561 g/mol. The lowest BCUT2D eigenvalue weighted by Crippen LogP contribution is -2.28. The summed E-state index contributed by atoms with van der Waals surface area (Å²) in [5, 5.41) is 10.2. The minimum atomic E-state index is -6.37. The van der Waals surface area contributed by atoms with Gasteiger partial charge in [0.15, 0.2) is 11.5 Å². The SMILES string of the molecule is OC(c1c(OC(F)(F)F)c(OC(F)(F)F)c(OC(F)(F)F)c(OC(F)(F)F)c1OC(F)(F)F)C1CC1. The monoisotopic (exact) mass is 568 g/mol. The smallest absolute Gasteiger partial charge is 0.401 e. The highest BCUT2D eigenvalue weighted by molar-refractivity contribution is 5.71. The van der Waals surface area contributed by atoms with Crippen LogP contribution in [-0.2, 0) is 0 Å². The average molecular weight is 568 g/mol. The van der Waals surface area contributed by atoms with Crippen LogP contribution in [0, 0.1) is 5.92 Å². The van der Waals surface area contributed by atoms with Gasteiger partial charge in [0.2, 0.25) is 17.2 Å². The number of aliphatic hydroxyl groups is 1. The number of aliphatic hydroxyl groups excluding tert-OH is 1. The molecular formula is C15H7F15O6. The molecule has 21 heteroatoms. The van der Waals surface area contributed by atoms with Gasteiger partial charge < -0.3 is 28.8 Å². The van der Waals surface area contributed by atoms with Gasteiger partial charge in [0.1, 0.15) is 0 Å². The highest BCUT2D eigenvalue weighted by Crippen LogP contribution is 2.62. The molecule has 1 aromatic rings. The van der Waals surface area contributed by atoms with E-state index in [4.69, 9.17) is 0 Å². The number of rotatable bonds is 7. The lowest BCUT2D eigenvalue weighted by atomic mass is 10.0. The van der Waals surface area contributed by atoms with Crippen LogP contribution >= 0.6 is 0 Å². The Balaban J connectivity index is 3.14. The van der Waals surface area contributed by atoms with Crippen LogP contribution in [-0.4, -0.2) is 36.9 Å². The Bertz CT molecular complexity index is 883. The molecule has 36 heavy (non-hydrogen) atoms. The Morgan fingerprint density at radius 1 is 0.472 bits per heavy atom. The van der Waals surface area contributed by atoms with E-state index in [-0.39, 0.29) is 12.8 Å². The van der Waals surface area contributed by atoms with Gasteiger partial charge in [-0.15, -0.1) is 65.9 Å². The minimum Gasteiger partial charge on any atom is -0.401 e. The Hall–Kier alpha value is -2.87. The molecule has 1 N–H and O–H groups in total. The standard InChI is InChI=1S/C15H7F15O6/c16-11(17,18)32-6-4(5(31)3-1-2-3)7(33-12(19,20)21)9(35-14(25,26)27)10(36-15(28,29)30)8(6)34-13(22,23)24/h3,5,31H,1-2H2. The summed E-state index contributed by atoms with van der Waals surface area (Å²) in [6.07, 6.45) is -34.7. The number of halogens is 15. The number of alkyl halides is 15. The zero-order valence-electron chi connectivity index (χ0n) is 16.2. The van der Waals surface area contributed by atoms with E-state index in [9.17, 15) is 71.0 Å². The van der Waals surface area contributed by atoms with Crippen molar-refractivity contribution in [1.29, 1.82) is 0 Å². The van der Waals surface area contributed by atoms with E-state index in [0.29, 0.717) is 0 Å². The van der Waals surface area contributed by atoms with Crippen molar-refractivity contribution >= 4 is 0 Å². The summed E-state index contributed by atoms with van der Waals surface area (Å²) in [6.45, 7) is 0. The van der Waals surface area contributed by atoms with Gasteiger partial charge in [-0.2, -0.15) is 0 Å². The molecule has 1 aromatic carbocycles. The first kappa shape index (κ1) is 29.4. The Morgan fingerprint density at radius 2 is 0.694 bits per heavy atom. The van der Waals surface area contributed by atoms with E-state index in [1.54, 1.807) is 0 Å². The summed E-state index contributed by atoms with van der Waals surface area (Å²) in [7, 11) is 0. The van der Waals surface area contributed by atoms with Crippen LogP contribution in [0.15, 0.2) is 0 Å². The molecule has 0 bridgehead atoms. The second-order valence-electron chi connectivity index (χ2n) is 6.58. The normalized spacial score (nSPS) is 16.4. The third-order valence-electron chi connectivity index (χ3n) is 3.77. The summed E-state index contributed by atoms with van der Waals surface area (Å²) in [4.78, 5) is 0.